The molecule has 1 heteroatoms. The van der Waals surface area contributed by atoms with Crippen LogP contribution in [0.5, 0.6) is 0 Å². The van der Waals surface area contributed by atoms with Crippen molar-refractivity contribution in [3.8, 4) is 0 Å². The Morgan fingerprint density at radius 2 is 2.10 bits per heavy atom. The van der Waals surface area contributed by atoms with Gasteiger partial charge in [0.25, 0.3) is 0 Å². The summed E-state index contributed by atoms with van der Waals surface area (Å²) in [6, 6.07) is 0. The average Bonchev–Trinajstić information content (AvgIpc) is 1.93. The number of hydrogen-bond donors (Lipinski definition) is 1. The van der Waals surface area contributed by atoms with Crippen LogP contribution in [-0.4, -0.2) is 0 Å². The van der Waals surface area contributed by atoms with E-state index in [1.807, 2.05) is 19.1 Å². The first-order valence-corrected chi connectivity index (χ1v) is 3.46. The van der Waals surface area contributed by atoms with Crippen LogP contribution in [0, 0.1) is 5.92 Å². The zero-order valence-electron chi connectivity index (χ0n) is 6.52. The summed E-state index contributed by atoms with van der Waals surface area (Å²) >= 11 is 0. The first kappa shape index (κ1) is 7.13. The Bertz CT molecular complexity index is 221. The molecule has 1 nitrogen and oxygen atoms in total. The SMILES string of the molecule is C=C1C=CC(C)=C(N)C1C. The van der Waals surface area contributed by atoms with E-state index < -0.39 is 0 Å². The standard InChI is InChI=1S/C9H13N/c1-6-4-5-7(2)9(10)8(6)3/h4-5,8H,1,10H2,2-3H3. The first-order valence-electron chi connectivity index (χ1n) is 3.46. The highest BCUT2D eigenvalue weighted by Gasteiger charge is 2.12. The maximum atomic E-state index is 5.78. The lowest BCUT2D eigenvalue weighted by Crippen LogP contribution is -2.14. The monoisotopic (exact) mass is 135 g/mol. The van der Waals surface area contributed by atoms with Crippen molar-refractivity contribution in [2.24, 2.45) is 11.7 Å². The Hall–Kier alpha value is -0.980. The van der Waals surface area contributed by atoms with Crippen molar-refractivity contribution < 1.29 is 0 Å². The molecule has 0 bridgehead atoms. The Morgan fingerprint density at radius 3 is 2.60 bits per heavy atom. The van der Waals surface area contributed by atoms with Crippen LogP contribution in [0.2, 0.25) is 0 Å². The summed E-state index contributed by atoms with van der Waals surface area (Å²) in [5, 5.41) is 0. The second kappa shape index (κ2) is 2.33. The maximum absolute atomic E-state index is 5.78. The summed E-state index contributed by atoms with van der Waals surface area (Å²) in [6.45, 7) is 7.98. The second-order valence-electron chi connectivity index (χ2n) is 2.77. The highest BCUT2D eigenvalue weighted by Crippen LogP contribution is 2.23. The van der Waals surface area contributed by atoms with Gasteiger partial charge in [0.05, 0.1) is 0 Å². The van der Waals surface area contributed by atoms with Gasteiger partial charge < -0.3 is 5.73 Å². The van der Waals surface area contributed by atoms with Gasteiger partial charge in [0.2, 0.25) is 0 Å². The van der Waals surface area contributed by atoms with Crippen molar-refractivity contribution in [2.75, 3.05) is 0 Å². The molecule has 1 aliphatic carbocycles. The highest BCUT2D eigenvalue weighted by atomic mass is 14.6. The molecule has 0 aliphatic heterocycles. The molecule has 0 aromatic heterocycles. The molecule has 1 aliphatic rings. The van der Waals surface area contributed by atoms with Gasteiger partial charge in [0.15, 0.2) is 0 Å². The van der Waals surface area contributed by atoms with E-state index in [0.717, 1.165) is 11.3 Å². The van der Waals surface area contributed by atoms with Crippen molar-refractivity contribution in [3.05, 3.63) is 35.6 Å². The van der Waals surface area contributed by atoms with E-state index >= 15 is 0 Å². The molecular weight excluding hydrogens is 122 g/mol. The molecule has 0 aromatic carbocycles. The summed E-state index contributed by atoms with van der Waals surface area (Å²) in [7, 11) is 0. The molecule has 1 unspecified atom stereocenters. The molecule has 0 aromatic rings. The van der Waals surface area contributed by atoms with Gasteiger partial charge in [-0.2, -0.15) is 0 Å². The fourth-order valence-corrected chi connectivity index (χ4v) is 1.01. The van der Waals surface area contributed by atoms with Crippen LogP contribution in [0.4, 0.5) is 0 Å². The number of hydrogen-bond acceptors (Lipinski definition) is 1. The molecule has 0 amide bonds. The van der Waals surface area contributed by atoms with E-state index in [1.54, 1.807) is 0 Å². The molecule has 1 rings (SSSR count). The first-order chi connectivity index (χ1) is 4.63. The third-order valence-corrected chi connectivity index (χ3v) is 2.03. The van der Waals surface area contributed by atoms with E-state index in [0.29, 0.717) is 5.92 Å². The number of nitrogens with two attached hydrogens (primary N) is 1. The number of allylic oxidation sites excluding steroid dienone is 4. The number of rotatable bonds is 0. The van der Waals surface area contributed by atoms with Crippen LogP contribution in [0.15, 0.2) is 35.6 Å². The molecule has 0 heterocycles. The molecule has 0 radical (unpaired) electrons. The van der Waals surface area contributed by atoms with Crippen molar-refractivity contribution in [2.45, 2.75) is 13.8 Å². The van der Waals surface area contributed by atoms with Crippen LogP contribution in [0.1, 0.15) is 13.8 Å². The topological polar surface area (TPSA) is 26.0 Å². The fraction of sp³-hybridized carbons (Fsp3) is 0.333. The molecule has 0 spiro atoms. The van der Waals surface area contributed by atoms with E-state index in [1.165, 1.54) is 5.57 Å². The molecule has 10 heavy (non-hydrogen) atoms. The summed E-state index contributed by atoms with van der Waals surface area (Å²) in [4.78, 5) is 0. The van der Waals surface area contributed by atoms with Crippen molar-refractivity contribution in [3.63, 3.8) is 0 Å². The summed E-state index contributed by atoms with van der Waals surface area (Å²) < 4.78 is 0. The molecule has 0 fully saturated rings. The van der Waals surface area contributed by atoms with E-state index in [2.05, 4.69) is 13.5 Å². The molecule has 2 N–H and O–H groups in total. The minimum Gasteiger partial charge on any atom is -0.401 e. The molecular formula is C9H13N. The van der Waals surface area contributed by atoms with Crippen LogP contribution in [-0.2, 0) is 0 Å². The quantitative estimate of drug-likeness (QED) is 0.540. The van der Waals surface area contributed by atoms with Gasteiger partial charge in [-0.25, -0.2) is 0 Å². The minimum atomic E-state index is 0.324. The normalized spacial score (nSPS) is 25.8. The van der Waals surface area contributed by atoms with Gasteiger partial charge >= 0.3 is 0 Å². The molecule has 1 atom stereocenters. The smallest absolute Gasteiger partial charge is 0.0204 e. The summed E-state index contributed by atoms with van der Waals surface area (Å²) in [5.41, 5.74) is 9.00. The molecule has 0 saturated heterocycles. The van der Waals surface area contributed by atoms with Crippen molar-refractivity contribution in [1.82, 2.24) is 0 Å². The van der Waals surface area contributed by atoms with Crippen LogP contribution >= 0.6 is 0 Å². The van der Waals surface area contributed by atoms with Gasteiger partial charge in [-0.1, -0.05) is 25.7 Å². The minimum absolute atomic E-state index is 0.324. The predicted octanol–water partition coefficient (Wildman–Crippen LogP) is 1.98. The average molecular weight is 135 g/mol. The third kappa shape index (κ3) is 0.991. The zero-order chi connectivity index (χ0) is 7.72. The van der Waals surface area contributed by atoms with Crippen LogP contribution in [0.3, 0.4) is 0 Å². The van der Waals surface area contributed by atoms with Crippen LogP contribution < -0.4 is 5.73 Å². The maximum Gasteiger partial charge on any atom is 0.0204 e. The lowest BCUT2D eigenvalue weighted by molar-refractivity contribution is 0.791. The summed E-state index contributed by atoms with van der Waals surface area (Å²) in [6.07, 6.45) is 4.04. The van der Waals surface area contributed by atoms with E-state index in [9.17, 15) is 0 Å². The Balaban J connectivity index is 2.99. The van der Waals surface area contributed by atoms with Crippen molar-refractivity contribution >= 4 is 0 Å². The van der Waals surface area contributed by atoms with E-state index in [-0.39, 0.29) is 0 Å². The fourth-order valence-electron chi connectivity index (χ4n) is 1.01. The largest absolute Gasteiger partial charge is 0.401 e. The van der Waals surface area contributed by atoms with Crippen molar-refractivity contribution in [1.29, 1.82) is 0 Å². The Labute approximate surface area is 61.9 Å². The zero-order valence-corrected chi connectivity index (χ0v) is 6.52. The van der Waals surface area contributed by atoms with Gasteiger partial charge in [0.1, 0.15) is 0 Å². The van der Waals surface area contributed by atoms with Gasteiger partial charge in [-0.3, -0.25) is 0 Å². The van der Waals surface area contributed by atoms with Crippen LogP contribution in [0.25, 0.3) is 0 Å². The highest BCUT2D eigenvalue weighted by molar-refractivity contribution is 5.39. The summed E-state index contributed by atoms with van der Waals surface area (Å²) in [5.74, 6) is 0.324. The van der Waals surface area contributed by atoms with Gasteiger partial charge in [0, 0.05) is 11.6 Å². The van der Waals surface area contributed by atoms with Gasteiger partial charge in [-0.05, 0) is 18.1 Å². The van der Waals surface area contributed by atoms with Gasteiger partial charge in [-0.15, -0.1) is 0 Å². The predicted molar refractivity (Wildman–Crippen MR) is 44.3 cm³/mol. The molecule has 0 saturated carbocycles. The Morgan fingerprint density at radius 1 is 1.50 bits per heavy atom. The second-order valence-corrected chi connectivity index (χ2v) is 2.77. The Kier molecular flexibility index (Phi) is 1.66. The lowest BCUT2D eigenvalue weighted by atomic mass is 9.91. The van der Waals surface area contributed by atoms with E-state index in [4.69, 9.17) is 5.73 Å². The molecule has 54 valence electrons. The lowest BCUT2D eigenvalue weighted by Gasteiger charge is -2.18. The third-order valence-electron chi connectivity index (χ3n) is 2.03.